The highest BCUT2D eigenvalue weighted by molar-refractivity contribution is 5.66. The number of alkyl carbamates (subject to hydrolysis) is 1. The first-order valence-corrected chi connectivity index (χ1v) is 6.91. The van der Waals surface area contributed by atoms with Gasteiger partial charge >= 0.3 is 12.1 Å². The molecule has 0 bridgehead atoms. The molecule has 0 spiro atoms. The van der Waals surface area contributed by atoms with Gasteiger partial charge in [0.1, 0.15) is 0 Å². The Labute approximate surface area is 114 Å². The summed E-state index contributed by atoms with van der Waals surface area (Å²) in [5.41, 5.74) is 0. The zero-order valence-electron chi connectivity index (χ0n) is 11.7. The molecule has 112 valence electrons. The van der Waals surface area contributed by atoms with Crippen LogP contribution in [-0.4, -0.2) is 43.9 Å². The average molecular weight is 274 g/mol. The standard InChI is InChI=1S/C13H26N2O4/c1-19-13(18)15-11-7-3-6-10-14-9-5-2-4-8-12(16)17/h14H,2-11H2,1H3,(H,15,18)(H,16,17). The van der Waals surface area contributed by atoms with Crippen molar-refractivity contribution in [2.45, 2.75) is 44.9 Å². The monoisotopic (exact) mass is 274 g/mol. The Morgan fingerprint density at radius 1 is 0.947 bits per heavy atom. The molecule has 0 aliphatic heterocycles. The number of nitrogens with one attached hydrogen (secondary N) is 2. The maximum Gasteiger partial charge on any atom is 0.406 e. The fraction of sp³-hybridized carbons (Fsp3) is 0.846. The molecule has 0 heterocycles. The lowest BCUT2D eigenvalue weighted by Gasteiger charge is -2.05. The quantitative estimate of drug-likeness (QED) is 0.472. The van der Waals surface area contributed by atoms with Crippen molar-refractivity contribution in [3.8, 4) is 0 Å². The molecule has 3 N–H and O–H groups in total. The molecule has 0 aliphatic carbocycles. The Balaban J connectivity index is 3.03. The van der Waals surface area contributed by atoms with Crippen LogP contribution in [0.4, 0.5) is 4.79 Å². The molecule has 0 aromatic carbocycles. The number of amides is 1. The highest BCUT2D eigenvalue weighted by Crippen LogP contribution is 1.99. The number of hydrogen-bond acceptors (Lipinski definition) is 4. The molecule has 6 nitrogen and oxygen atoms in total. The summed E-state index contributed by atoms with van der Waals surface area (Å²) in [4.78, 5) is 21.0. The van der Waals surface area contributed by atoms with Gasteiger partial charge in [0.25, 0.3) is 0 Å². The molecule has 0 fully saturated rings. The number of carbonyl (C=O) groups excluding carboxylic acids is 1. The van der Waals surface area contributed by atoms with Gasteiger partial charge in [0, 0.05) is 13.0 Å². The second kappa shape index (κ2) is 13.1. The van der Waals surface area contributed by atoms with Gasteiger partial charge in [-0.1, -0.05) is 12.8 Å². The van der Waals surface area contributed by atoms with Crippen LogP contribution in [-0.2, 0) is 9.53 Å². The topological polar surface area (TPSA) is 87.7 Å². The van der Waals surface area contributed by atoms with Crippen molar-refractivity contribution in [1.29, 1.82) is 0 Å². The van der Waals surface area contributed by atoms with Crippen LogP contribution in [0.15, 0.2) is 0 Å². The number of carboxylic acids is 1. The van der Waals surface area contributed by atoms with Gasteiger partial charge in [-0.15, -0.1) is 0 Å². The molecule has 6 heteroatoms. The smallest absolute Gasteiger partial charge is 0.406 e. The Bertz CT molecular complexity index is 247. The molecule has 0 aliphatic rings. The first-order valence-electron chi connectivity index (χ1n) is 6.91. The van der Waals surface area contributed by atoms with Crippen molar-refractivity contribution in [1.82, 2.24) is 10.6 Å². The lowest BCUT2D eigenvalue weighted by atomic mass is 10.2. The van der Waals surface area contributed by atoms with Crippen LogP contribution in [0.3, 0.4) is 0 Å². The van der Waals surface area contributed by atoms with E-state index in [1.165, 1.54) is 7.11 Å². The Morgan fingerprint density at radius 3 is 2.11 bits per heavy atom. The fourth-order valence-electron chi connectivity index (χ4n) is 1.64. The third-order valence-corrected chi connectivity index (χ3v) is 2.73. The van der Waals surface area contributed by atoms with Crippen LogP contribution in [0.2, 0.25) is 0 Å². The van der Waals surface area contributed by atoms with E-state index in [0.29, 0.717) is 6.54 Å². The summed E-state index contributed by atoms with van der Waals surface area (Å²) in [7, 11) is 1.36. The first kappa shape index (κ1) is 17.7. The van der Waals surface area contributed by atoms with Gasteiger partial charge in [-0.2, -0.15) is 0 Å². The van der Waals surface area contributed by atoms with E-state index in [4.69, 9.17) is 5.11 Å². The zero-order chi connectivity index (χ0) is 14.3. The molecular weight excluding hydrogens is 248 g/mol. The molecule has 0 atom stereocenters. The van der Waals surface area contributed by atoms with Crippen molar-refractivity contribution in [2.75, 3.05) is 26.7 Å². The number of carbonyl (C=O) groups is 2. The van der Waals surface area contributed by atoms with Gasteiger partial charge in [-0.25, -0.2) is 4.79 Å². The van der Waals surface area contributed by atoms with E-state index in [9.17, 15) is 9.59 Å². The fourth-order valence-corrected chi connectivity index (χ4v) is 1.64. The van der Waals surface area contributed by atoms with Gasteiger partial charge in [0.05, 0.1) is 7.11 Å². The van der Waals surface area contributed by atoms with Crippen LogP contribution in [0.1, 0.15) is 44.9 Å². The number of ether oxygens (including phenoxy) is 1. The number of methoxy groups -OCH3 is 1. The van der Waals surface area contributed by atoms with Crippen LogP contribution in [0.25, 0.3) is 0 Å². The van der Waals surface area contributed by atoms with Gasteiger partial charge < -0.3 is 20.5 Å². The molecule has 0 aromatic rings. The zero-order valence-corrected chi connectivity index (χ0v) is 11.7. The number of hydrogen-bond donors (Lipinski definition) is 3. The van der Waals surface area contributed by atoms with E-state index in [-0.39, 0.29) is 12.5 Å². The van der Waals surface area contributed by atoms with Crippen molar-refractivity contribution >= 4 is 12.1 Å². The summed E-state index contributed by atoms with van der Waals surface area (Å²) in [6.45, 7) is 2.57. The minimum Gasteiger partial charge on any atom is -0.481 e. The maximum absolute atomic E-state index is 10.7. The molecule has 0 rings (SSSR count). The van der Waals surface area contributed by atoms with Gasteiger partial charge in [-0.3, -0.25) is 4.79 Å². The molecule has 1 amide bonds. The highest BCUT2D eigenvalue weighted by atomic mass is 16.5. The summed E-state index contributed by atoms with van der Waals surface area (Å²) >= 11 is 0. The Kier molecular flexibility index (Phi) is 12.2. The highest BCUT2D eigenvalue weighted by Gasteiger charge is 1.97. The van der Waals surface area contributed by atoms with E-state index >= 15 is 0 Å². The maximum atomic E-state index is 10.7. The van der Waals surface area contributed by atoms with Crippen LogP contribution < -0.4 is 10.6 Å². The predicted octanol–water partition coefficient (Wildman–Crippen LogP) is 1.75. The SMILES string of the molecule is COC(=O)NCCCCCNCCCCCC(=O)O. The summed E-state index contributed by atoms with van der Waals surface area (Å²) in [5.74, 6) is -0.714. The normalized spacial score (nSPS) is 10.2. The molecule has 0 saturated heterocycles. The summed E-state index contributed by atoms with van der Waals surface area (Å²) in [5, 5.41) is 14.4. The molecule has 0 unspecified atom stereocenters. The second-order valence-corrected chi connectivity index (χ2v) is 4.43. The summed E-state index contributed by atoms with van der Waals surface area (Å²) in [6, 6.07) is 0. The predicted molar refractivity (Wildman–Crippen MR) is 73.2 cm³/mol. The number of carboxylic acid groups (broad SMARTS) is 1. The van der Waals surface area contributed by atoms with E-state index < -0.39 is 5.97 Å². The largest absolute Gasteiger partial charge is 0.481 e. The minimum atomic E-state index is -0.714. The lowest BCUT2D eigenvalue weighted by molar-refractivity contribution is -0.137. The van der Waals surface area contributed by atoms with E-state index in [1.54, 1.807) is 0 Å². The van der Waals surface area contributed by atoms with Crippen LogP contribution in [0, 0.1) is 0 Å². The van der Waals surface area contributed by atoms with Gasteiger partial charge in [0.15, 0.2) is 0 Å². The van der Waals surface area contributed by atoms with E-state index in [0.717, 1.165) is 51.6 Å². The number of unbranched alkanes of at least 4 members (excludes halogenated alkanes) is 4. The Hall–Kier alpha value is -1.30. The van der Waals surface area contributed by atoms with Gasteiger partial charge in [-0.05, 0) is 38.8 Å². The Morgan fingerprint density at radius 2 is 1.53 bits per heavy atom. The number of rotatable bonds is 12. The molecule has 0 aromatic heterocycles. The molecule has 0 saturated carbocycles. The second-order valence-electron chi connectivity index (χ2n) is 4.43. The lowest BCUT2D eigenvalue weighted by Crippen LogP contribution is -2.24. The minimum absolute atomic E-state index is 0.271. The molecular formula is C13H26N2O4. The van der Waals surface area contributed by atoms with Crippen LogP contribution in [0.5, 0.6) is 0 Å². The van der Waals surface area contributed by atoms with E-state index in [2.05, 4.69) is 15.4 Å². The van der Waals surface area contributed by atoms with Gasteiger partial charge in [0.2, 0.25) is 0 Å². The molecule has 19 heavy (non-hydrogen) atoms. The first-order chi connectivity index (χ1) is 9.16. The third kappa shape index (κ3) is 14.6. The number of aliphatic carboxylic acids is 1. The van der Waals surface area contributed by atoms with Crippen molar-refractivity contribution in [3.63, 3.8) is 0 Å². The average Bonchev–Trinajstić information content (AvgIpc) is 2.39. The third-order valence-electron chi connectivity index (χ3n) is 2.73. The van der Waals surface area contributed by atoms with Crippen molar-refractivity contribution < 1.29 is 19.4 Å². The van der Waals surface area contributed by atoms with E-state index in [1.807, 2.05) is 0 Å². The van der Waals surface area contributed by atoms with Crippen molar-refractivity contribution in [2.24, 2.45) is 0 Å². The van der Waals surface area contributed by atoms with Crippen molar-refractivity contribution in [3.05, 3.63) is 0 Å². The summed E-state index contributed by atoms with van der Waals surface area (Å²) in [6.07, 6.45) is 5.74. The molecule has 0 radical (unpaired) electrons. The summed E-state index contributed by atoms with van der Waals surface area (Å²) < 4.78 is 4.46. The van der Waals surface area contributed by atoms with Crippen LogP contribution >= 0.6 is 0 Å².